The first-order chi connectivity index (χ1) is 16.1. The summed E-state index contributed by atoms with van der Waals surface area (Å²) < 4.78 is 1.90. The monoisotopic (exact) mass is 445 g/mol. The van der Waals surface area contributed by atoms with Crippen LogP contribution in [0.25, 0.3) is 11.3 Å². The van der Waals surface area contributed by atoms with Gasteiger partial charge in [-0.15, -0.1) is 5.10 Å². The third-order valence-corrected chi connectivity index (χ3v) is 7.06. The van der Waals surface area contributed by atoms with Crippen LogP contribution in [-0.2, 0) is 6.54 Å². The normalized spacial score (nSPS) is 18.8. The molecule has 2 fully saturated rings. The largest absolute Gasteiger partial charge is 0.376 e. The van der Waals surface area contributed by atoms with Gasteiger partial charge < -0.3 is 15.1 Å². The average Bonchev–Trinajstić information content (AvgIpc) is 3.27. The summed E-state index contributed by atoms with van der Waals surface area (Å²) in [6.07, 6.45) is 12.5. The SMILES string of the molecule is CN(C)c1cncc(-c2cn(Cc3ccc(N4CCC[C@@H](NCC5CCC5)C4)cc3)nn2)c1. The van der Waals surface area contributed by atoms with E-state index in [0.29, 0.717) is 12.6 Å². The summed E-state index contributed by atoms with van der Waals surface area (Å²) >= 11 is 0. The Hall–Kier alpha value is -2.93. The average molecular weight is 446 g/mol. The standard InChI is InChI=1S/C26H35N7/c1-31(2)25-13-22(15-27-16-25)26-19-33(30-29-26)17-21-8-10-24(11-9-21)32-12-4-7-23(18-32)28-14-20-5-3-6-20/h8-11,13,15-16,19-20,23,28H,3-7,12,14,17-18H2,1-2H3/t23-/m1/s1. The summed E-state index contributed by atoms with van der Waals surface area (Å²) in [6.45, 7) is 4.17. The van der Waals surface area contributed by atoms with E-state index in [1.807, 2.05) is 42.3 Å². The van der Waals surface area contributed by atoms with E-state index in [1.54, 1.807) is 0 Å². The second-order valence-electron chi connectivity index (χ2n) is 9.78. The summed E-state index contributed by atoms with van der Waals surface area (Å²) in [5, 5.41) is 12.5. The van der Waals surface area contributed by atoms with E-state index in [4.69, 9.17) is 0 Å². The van der Waals surface area contributed by atoms with Gasteiger partial charge in [0.1, 0.15) is 5.69 Å². The van der Waals surface area contributed by atoms with Crippen molar-refractivity contribution in [1.82, 2.24) is 25.3 Å². The van der Waals surface area contributed by atoms with Crippen molar-refractivity contribution >= 4 is 11.4 Å². The lowest BCUT2D eigenvalue weighted by Gasteiger charge is -2.36. The molecular formula is C26H35N7. The van der Waals surface area contributed by atoms with E-state index in [2.05, 4.69) is 55.8 Å². The van der Waals surface area contributed by atoms with E-state index in [9.17, 15) is 0 Å². The predicted octanol–water partition coefficient (Wildman–Crippen LogP) is 3.81. The molecule has 0 bridgehead atoms. The Balaban J connectivity index is 1.18. The highest BCUT2D eigenvalue weighted by atomic mass is 15.4. The molecule has 174 valence electrons. The van der Waals surface area contributed by atoms with Crippen molar-refractivity contribution in [2.45, 2.75) is 44.7 Å². The van der Waals surface area contributed by atoms with Crippen molar-refractivity contribution in [1.29, 1.82) is 0 Å². The van der Waals surface area contributed by atoms with Crippen LogP contribution >= 0.6 is 0 Å². The maximum atomic E-state index is 4.36. The van der Waals surface area contributed by atoms with Crippen molar-refractivity contribution < 1.29 is 0 Å². The number of pyridine rings is 1. The van der Waals surface area contributed by atoms with Crippen LogP contribution < -0.4 is 15.1 Å². The van der Waals surface area contributed by atoms with Crippen LogP contribution in [0.4, 0.5) is 11.4 Å². The number of nitrogens with one attached hydrogen (secondary N) is 1. The third-order valence-electron chi connectivity index (χ3n) is 7.06. The lowest BCUT2D eigenvalue weighted by atomic mass is 9.85. The number of hydrogen-bond donors (Lipinski definition) is 1. The maximum absolute atomic E-state index is 4.36. The Morgan fingerprint density at radius 2 is 1.91 bits per heavy atom. The molecule has 1 aromatic carbocycles. The van der Waals surface area contributed by atoms with Gasteiger partial charge in [-0.1, -0.05) is 23.8 Å². The van der Waals surface area contributed by atoms with E-state index in [1.165, 1.54) is 49.9 Å². The summed E-state index contributed by atoms with van der Waals surface area (Å²) in [6, 6.07) is 11.7. The van der Waals surface area contributed by atoms with Gasteiger partial charge in [0.15, 0.2) is 0 Å². The molecule has 1 aliphatic heterocycles. The molecule has 3 aromatic rings. The van der Waals surface area contributed by atoms with E-state index < -0.39 is 0 Å². The van der Waals surface area contributed by atoms with Crippen molar-refractivity contribution in [3.63, 3.8) is 0 Å². The summed E-state index contributed by atoms with van der Waals surface area (Å²) in [4.78, 5) is 8.91. The van der Waals surface area contributed by atoms with Gasteiger partial charge in [0.05, 0.1) is 24.6 Å². The Morgan fingerprint density at radius 3 is 2.67 bits per heavy atom. The number of aromatic nitrogens is 4. The summed E-state index contributed by atoms with van der Waals surface area (Å²) in [5.74, 6) is 0.921. The molecule has 1 N–H and O–H groups in total. The highest BCUT2D eigenvalue weighted by molar-refractivity contribution is 5.62. The fraction of sp³-hybridized carbons (Fsp3) is 0.500. The molecule has 0 spiro atoms. The fourth-order valence-electron chi connectivity index (χ4n) is 4.73. The smallest absolute Gasteiger partial charge is 0.114 e. The number of piperidine rings is 1. The number of nitrogens with zero attached hydrogens (tertiary/aromatic N) is 6. The number of benzene rings is 1. The first-order valence-electron chi connectivity index (χ1n) is 12.2. The molecule has 5 rings (SSSR count). The highest BCUT2D eigenvalue weighted by Crippen LogP contribution is 2.26. The Kier molecular flexibility index (Phi) is 6.58. The lowest BCUT2D eigenvalue weighted by molar-refractivity contribution is 0.280. The van der Waals surface area contributed by atoms with Crippen molar-refractivity contribution in [3.8, 4) is 11.3 Å². The quantitative estimate of drug-likeness (QED) is 0.569. The second-order valence-corrected chi connectivity index (χ2v) is 9.78. The van der Waals surface area contributed by atoms with Gasteiger partial charge in [-0.3, -0.25) is 4.98 Å². The van der Waals surface area contributed by atoms with Crippen LogP contribution in [0.3, 0.4) is 0 Å². The zero-order valence-electron chi connectivity index (χ0n) is 19.8. The van der Waals surface area contributed by atoms with E-state index >= 15 is 0 Å². The topological polar surface area (TPSA) is 62.1 Å². The minimum absolute atomic E-state index is 0.619. The molecular weight excluding hydrogens is 410 g/mol. The Labute approximate surface area is 196 Å². The second kappa shape index (κ2) is 9.91. The van der Waals surface area contributed by atoms with Gasteiger partial charge in [-0.05, 0) is 61.9 Å². The van der Waals surface area contributed by atoms with Crippen LogP contribution in [-0.4, -0.2) is 59.7 Å². The minimum Gasteiger partial charge on any atom is -0.376 e. The minimum atomic E-state index is 0.619. The molecule has 0 unspecified atom stereocenters. The Morgan fingerprint density at radius 1 is 1.06 bits per heavy atom. The lowest BCUT2D eigenvalue weighted by Crippen LogP contribution is -2.47. The highest BCUT2D eigenvalue weighted by Gasteiger charge is 2.23. The molecule has 0 amide bonds. The predicted molar refractivity (Wildman–Crippen MR) is 134 cm³/mol. The molecule has 1 aliphatic carbocycles. The van der Waals surface area contributed by atoms with Gasteiger partial charge in [-0.25, -0.2) is 4.68 Å². The first kappa shape index (κ1) is 21.9. The maximum Gasteiger partial charge on any atom is 0.114 e. The van der Waals surface area contributed by atoms with E-state index in [-0.39, 0.29) is 0 Å². The molecule has 1 saturated carbocycles. The number of anilines is 2. The van der Waals surface area contributed by atoms with E-state index in [0.717, 1.165) is 36.0 Å². The zero-order valence-corrected chi connectivity index (χ0v) is 19.8. The van der Waals surface area contributed by atoms with Crippen LogP contribution in [0.2, 0.25) is 0 Å². The van der Waals surface area contributed by atoms with Crippen LogP contribution in [0, 0.1) is 5.92 Å². The molecule has 0 radical (unpaired) electrons. The first-order valence-corrected chi connectivity index (χ1v) is 12.2. The van der Waals surface area contributed by atoms with Gasteiger partial charge in [0.25, 0.3) is 0 Å². The van der Waals surface area contributed by atoms with Crippen LogP contribution in [0.5, 0.6) is 0 Å². The van der Waals surface area contributed by atoms with Gasteiger partial charge in [0, 0.05) is 50.7 Å². The van der Waals surface area contributed by atoms with Gasteiger partial charge in [-0.2, -0.15) is 0 Å². The summed E-state index contributed by atoms with van der Waals surface area (Å²) in [5.41, 5.74) is 5.42. The zero-order chi connectivity index (χ0) is 22.6. The van der Waals surface area contributed by atoms with Crippen molar-refractivity contribution in [2.75, 3.05) is 43.5 Å². The molecule has 2 aromatic heterocycles. The molecule has 33 heavy (non-hydrogen) atoms. The molecule has 1 atom stereocenters. The summed E-state index contributed by atoms with van der Waals surface area (Å²) in [7, 11) is 4.02. The molecule has 2 aliphatic rings. The Bertz CT molecular complexity index is 1040. The van der Waals surface area contributed by atoms with Gasteiger partial charge in [0.2, 0.25) is 0 Å². The molecule has 3 heterocycles. The van der Waals surface area contributed by atoms with Crippen molar-refractivity contribution in [2.24, 2.45) is 5.92 Å². The number of hydrogen-bond acceptors (Lipinski definition) is 6. The molecule has 7 heteroatoms. The van der Waals surface area contributed by atoms with Crippen LogP contribution in [0.1, 0.15) is 37.7 Å². The van der Waals surface area contributed by atoms with Gasteiger partial charge >= 0.3 is 0 Å². The molecule has 1 saturated heterocycles. The molecule has 7 nitrogen and oxygen atoms in total. The number of rotatable bonds is 8. The van der Waals surface area contributed by atoms with Crippen molar-refractivity contribution in [3.05, 3.63) is 54.5 Å². The third kappa shape index (κ3) is 5.36. The fourth-order valence-corrected chi connectivity index (χ4v) is 4.73. The van der Waals surface area contributed by atoms with Crippen LogP contribution in [0.15, 0.2) is 48.9 Å².